The zero-order valence-electron chi connectivity index (χ0n) is 13.1. The molecule has 1 aliphatic rings. The van der Waals surface area contributed by atoms with Crippen LogP contribution in [0.15, 0.2) is 53.9 Å². The molecule has 0 atom stereocenters. The molecule has 0 bridgehead atoms. The average Bonchev–Trinajstić information content (AvgIpc) is 2.82. The molecule has 0 radical (unpaired) electrons. The molecular formula is C17H15BrFNO4. The van der Waals surface area contributed by atoms with Crippen LogP contribution in [0.1, 0.15) is 5.56 Å². The molecule has 126 valence electrons. The fraction of sp³-hybridized carbons (Fsp3) is 0.176. The fourth-order valence-corrected chi connectivity index (χ4v) is 2.53. The van der Waals surface area contributed by atoms with Gasteiger partial charge in [0.1, 0.15) is 11.5 Å². The minimum Gasteiger partial charge on any atom is -0.465 e. The van der Waals surface area contributed by atoms with Crippen LogP contribution in [-0.4, -0.2) is 26.2 Å². The van der Waals surface area contributed by atoms with E-state index < -0.39 is 17.8 Å². The zero-order chi connectivity index (χ0) is 17.7. The summed E-state index contributed by atoms with van der Waals surface area (Å²) < 4.78 is 24.0. The number of benzene rings is 1. The van der Waals surface area contributed by atoms with E-state index in [2.05, 4.69) is 15.9 Å². The minimum absolute atomic E-state index is 0.0293. The van der Waals surface area contributed by atoms with E-state index in [9.17, 15) is 14.0 Å². The van der Waals surface area contributed by atoms with Crippen molar-refractivity contribution >= 4 is 33.6 Å². The molecule has 0 spiro atoms. The first-order valence-electron chi connectivity index (χ1n) is 6.92. The molecule has 1 aliphatic heterocycles. The highest BCUT2D eigenvalue weighted by Crippen LogP contribution is 2.29. The van der Waals surface area contributed by atoms with Crippen molar-refractivity contribution in [1.29, 1.82) is 0 Å². The Bertz CT molecular complexity index is 755. The second-order valence-electron chi connectivity index (χ2n) is 4.74. The third-order valence-corrected chi connectivity index (χ3v) is 3.96. The van der Waals surface area contributed by atoms with Crippen LogP contribution in [0.3, 0.4) is 0 Å². The number of rotatable bonds is 4. The number of carbonyl (C=O) groups is 2. The van der Waals surface area contributed by atoms with Gasteiger partial charge in [-0.05, 0) is 29.8 Å². The maximum absolute atomic E-state index is 14.5. The zero-order valence-corrected chi connectivity index (χ0v) is 14.7. The Labute approximate surface area is 147 Å². The topological polar surface area (TPSA) is 55.8 Å². The number of carbonyl (C=O) groups excluding carboxylic acids is 2. The van der Waals surface area contributed by atoms with Crippen molar-refractivity contribution in [2.45, 2.75) is 5.33 Å². The molecule has 7 heteroatoms. The van der Waals surface area contributed by atoms with Gasteiger partial charge in [-0.2, -0.15) is 0 Å². The minimum atomic E-state index is -0.782. The van der Waals surface area contributed by atoms with Gasteiger partial charge in [0, 0.05) is 11.5 Å². The van der Waals surface area contributed by atoms with Crippen molar-refractivity contribution in [3.63, 3.8) is 0 Å². The van der Waals surface area contributed by atoms with Gasteiger partial charge in [-0.3, -0.25) is 0 Å². The van der Waals surface area contributed by atoms with Gasteiger partial charge >= 0.3 is 11.9 Å². The molecule has 1 aromatic carbocycles. The van der Waals surface area contributed by atoms with Crippen LogP contribution in [-0.2, 0) is 24.4 Å². The van der Waals surface area contributed by atoms with Gasteiger partial charge in [0.25, 0.3) is 0 Å². The summed E-state index contributed by atoms with van der Waals surface area (Å²) in [5.41, 5.74) is 0.699. The lowest BCUT2D eigenvalue weighted by molar-refractivity contribution is -0.139. The van der Waals surface area contributed by atoms with E-state index in [1.54, 1.807) is 18.2 Å². The van der Waals surface area contributed by atoms with Crippen LogP contribution in [0.2, 0.25) is 0 Å². The lowest BCUT2D eigenvalue weighted by Gasteiger charge is -2.23. The Morgan fingerprint density at radius 2 is 1.88 bits per heavy atom. The molecular weight excluding hydrogens is 381 g/mol. The van der Waals surface area contributed by atoms with E-state index in [1.165, 1.54) is 43.5 Å². The van der Waals surface area contributed by atoms with Gasteiger partial charge < -0.3 is 14.4 Å². The summed E-state index contributed by atoms with van der Waals surface area (Å²) in [7, 11) is 2.39. The van der Waals surface area contributed by atoms with E-state index in [4.69, 9.17) is 9.47 Å². The number of methoxy groups -OCH3 is 2. The van der Waals surface area contributed by atoms with Gasteiger partial charge in [0.2, 0.25) is 0 Å². The molecule has 0 amide bonds. The Balaban J connectivity index is 2.65. The number of hydrogen-bond donors (Lipinski definition) is 0. The fourth-order valence-electron chi connectivity index (χ4n) is 2.18. The van der Waals surface area contributed by atoms with Crippen molar-refractivity contribution in [2.75, 3.05) is 19.1 Å². The summed E-state index contributed by atoms with van der Waals surface area (Å²) in [4.78, 5) is 25.5. The summed E-state index contributed by atoms with van der Waals surface area (Å²) in [6.07, 6.45) is 6.03. The van der Waals surface area contributed by atoms with Crippen molar-refractivity contribution in [1.82, 2.24) is 0 Å². The molecule has 0 aromatic heterocycles. The SMILES string of the molecule is COC(=O)C1=C(C(=O)OC)N(c2ccc(CBr)cc2F)C=CC=C1. The molecule has 0 aliphatic carbocycles. The predicted octanol–water partition coefficient (Wildman–Crippen LogP) is 3.21. The first kappa shape index (κ1) is 17.9. The quantitative estimate of drug-likeness (QED) is 0.578. The highest BCUT2D eigenvalue weighted by molar-refractivity contribution is 9.08. The first-order chi connectivity index (χ1) is 11.5. The maximum atomic E-state index is 14.5. The smallest absolute Gasteiger partial charge is 0.355 e. The van der Waals surface area contributed by atoms with Gasteiger partial charge in [0.05, 0.1) is 25.5 Å². The highest BCUT2D eigenvalue weighted by Gasteiger charge is 2.28. The van der Waals surface area contributed by atoms with Gasteiger partial charge in [-0.25, -0.2) is 14.0 Å². The number of alkyl halides is 1. The molecule has 0 fully saturated rings. The van der Waals surface area contributed by atoms with Crippen LogP contribution >= 0.6 is 15.9 Å². The second kappa shape index (κ2) is 7.92. The lowest BCUT2D eigenvalue weighted by Crippen LogP contribution is -2.27. The number of nitrogens with zero attached hydrogens (tertiary/aromatic N) is 1. The number of halogens is 2. The third-order valence-electron chi connectivity index (χ3n) is 3.32. The number of ether oxygens (including phenoxy) is 2. The van der Waals surface area contributed by atoms with Crippen LogP contribution < -0.4 is 4.90 Å². The molecule has 5 nitrogen and oxygen atoms in total. The Hall–Kier alpha value is -2.41. The van der Waals surface area contributed by atoms with E-state index in [0.717, 1.165) is 5.56 Å². The van der Waals surface area contributed by atoms with E-state index in [-0.39, 0.29) is 17.0 Å². The number of esters is 2. The maximum Gasteiger partial charge on any atom is 0.355 e. The average molecular weight is 396 g/mol. The molecule has 2 rings (SSSR count). The van der Waals surface area contributed by atoms with E-state index in [0.29, 0.717) is 5.33 Å². The number of allylic oxidation sites excluding steroid dienone is 2. The highest BCUT2D eigenvalue weighted by atomic mass is 79.9. The molecule has 1 aromatic rings. The number of hydrogen-bond acceptors (Lipinski definition) is 5. The van der Waals surface area contributed by atoms with E-state index >= 15 is 0 Å². The molecule has 0 saturated carbocycles. The number of anilines is 1. The van der Waals surface area contributed by atoms with Gasteiger partial charge in [0.15, 0.2) is 0 Å². The standard InChI is InChI=1S/C17H15BrFNO4/c1-23-16(21)12-5-3-4-8-20(15(12)17(22)24-2)14-7-6-11(10-18)9-13(14)19/h3-9H,10H2,1-2H3. The molecule has 0 saturated heterocycles. The molecule has 0 unspecified atom stereocenters. The van der Waals surface area contributed by atoms with Crippen LogP contribution in [0, 0.1) is 5.82 Å². The van der Waals surface area contributed by atoms with Crippen LogP contribution in [0.25, 0.3) is 0 Å². The van der Waals surface area contributed by atoms with E-state index in [1.807, 2.05) is 0 Å². The van der Waals surface area contributed by atoms with Crippen molar-refractivity contribution < 1.29 is 23.5 Å². The van der Waals surface area contributed by atoms with Crippen LogP contribution in [0.4, 0.5) is 10.1 Å². The summed E-state index contributed by atoms with van der Waals surface area (Å²) >= 11 is 3.26. The monoisotopic (exact) mass is 395 g/mol. The van der Waals surface area contributed by atoms with Crippen LogP contribution in [0.5, 0.6) is 0 Å². The Morgan fingerprint density at radius 3 is 2.46 bits per heavy atom. The lowest BCUT2D eigenvalue weighted by atomic mass is 10.1. The Kier molecular flexibility index (Phi) is 5.92. The van der Waals surface area contributed by atoms with Crippen molar-refractivity contribution in [3.8, 4) is 0 Å². The predicted molar refractivity (Wildman–Crippen MR) is 90.8 cm³/mol. The van der Waals surface area contributed by atoms with Crippen molar-refractivity contribution in [3.05, 3.63) is 65.3 Å². The van der Waals surface area contributed by atoms with Gasteiger partial charge in [-0.1, -0.05) is 28.1 Å². The summed E-state index contributed by atoms with van der Waals surface area (Å²) in [6.45, 7) is 0. The summed E-state index contributed by atoms with van der Waals surface area (Å²) in [5.74, 6) is -2.04. The normalized spacial score (nSPS) is 13.8. The van der Waals surface area contributed by atoms with Gasteiger partial charge in [-0.15, -0.1) is 0 Å². The summed E-state index contributed by atoms with van der Waals surface area (Å²) in [6, 6.07) is 4.59. The summed E-state index contributed by atoms with van der Waals surface area (Å²) in [5, 5.41) is 0.495. The molecule has 0 N–H and O–H groups in total. The Morgan fingerprint density at radius 1 is 1.17 bits per heavy atom. The third kappa shape index (κ3) is 3.56. The largest absolute Gasteiger partial charge is 0.465 e. The first-order valence-corrected chi connectivity index (χ1v) is 8.05. The second-order valence-corrected chi connectivity index (χ2v) is 5.30. The molecule has 1 heterocycles. The van der Waals surface area contributed by atoms with Crippen molar-refractivity contribution in [2.24, 2.45) is 0 Å². The molecule has 24 heavy (non-hydrogen) atoms.